The molecule has 0 aliphatic carbocycles. The monoisotopic (exact) mass is 288 g/mol. The normalized spacial score (nSPS) is 10.7. The lowest BCUT2D eigenvalue weighted by atomic mass is 10.1. The van der Waals surface area contributed by atoms with E-state index in [9.17, 15) is 4.79 Å². The predicted octanol–water partition coefficient (Wildman–Crippen LogP) is 2.71. The zero-order chi connectivity index (χ0) is 11.4. The molecule has 0 bridgehead atoms. The molecule has 1 aromatic rings. The third kappa shape index (κ3) is 2.72. The van der Waals surface area contributed by atoms with E-state index in [1.54, 1.807) is 10.8 Å². The van der Waals surface area contributed by atoms with Crippen molar-refractivity contribution >= 4 is 33.5 Å². The summed E-state index contributed by atoms with van der Waals surface area (Å²) in [6, 6.07) is 0.213. The second-order valence-electron chi connectivity index (χ2n) is 3.25. The van der Waals surface area contributed by atoms with Gasteiger partial charge in [-0.15, -0.1) is 0 Å². The van der Waals surface area contributed by atoms with E-state index in [1.807, 2.05) is 0 Å². The Balaban J connectivity index is 3.34. The van der Waals surface area contributed by atoms with Gasteiger partial charge in [0.05, 0.1) is 0 Å². The Morgan fingerprint density at radius 3 is 2.67 bits per heavy atom. The molecule has 0 unspecified atom stereocenters. The number of hydrogen-bond acceptors (Lipinski definition) is 3. The molecule has 0 spiro atoms. The SMILES string of the molecule is CCC(CC)n1cc(Br)nc(C=S)c1=O. The maximum Gasteiger partial charge on any atom is 0.277 e. The topological polar surface area (TPSA) is 34.9 Å². The summed E-state index contributed by atoms with van der Waals surface area (Å²) in [5.74, 6) is 0. The summed E-state index contributed by atoms with van der Waals surface area (Å²) in [5.41, 5.74) is 0.216. The van der Waals surface area contributed by atoms with E-state index in [4.69, 9.17) is 12.2 Å². The van der Waals surface area contributed by atoms with Gasteiger partial charge >= 0.3 is 0 Å². The zero-order valence-corrected chi connectivity index (χ0v) is 11.1. The first kappa shape index (κ1) is 12.5. The van der Waals surface area contributed by atoms with Crippen molar-refractivity contribution in [3.05, 3.63) is 26.8 Å². The molecule has 0 radical (unpaired) electrons. The highest BCUT2D eigenvalue weighted by Gasteiger charge is 2.11. The van der Waals surface area contributed by atoms with Gasteiger partial charge in [-0.25, -0.2) is 4.98 Å². The summed E-state index contributed by atoms with van der Waals surface area (Å²) >= 11 is 8.04. The molecule has 0 aliphatic rings. The summed E-state index contributed by atoms with van der Waals surface area (Å²) in [4.78, 5) is 15.9. The second-order valence-corrected chi connectivity index (χ2v) is 4.30. The minimum atomic E-state index is -0.109. The molecule has 0 fully saturated rings. The fourth-order valence-corrected chi connectivity index (χ4v) is 2.09. The van der Waals surface area contributed by atoms with Crippen LogP contribution in [0.4, 0.5) is 0 Å². The molecule has 0 amide bonds. The third-order valence-corrected chi connectivity index (χ3v) is 2.98. The fraction of sp³-hybridized carbons (Fsp3) is 0.500. The van der Waals surface area contributed by atoms with Gasteiger partial charge in [-0.3, -0.25) is 4.79 Å². The molecule has 82 valence electrons. The number of rotatable bonds is 4. The van der Waals surface area contributed by atoms with Gasteiger partial charge in [-0.05, 0) is 28.8 Å². The fourth-order valence-electron chi connectivity index (χ4n) is 1.53. The predicted molar refractivity (Wildman–Crippen MR) is 68.6 cm³/mol. The van der Waals surface area contributed by atoms with Crippen LogP contribution in [0.5, 0.6) is 0 Å². The summed E-state index contributed by atoms with van der Waals surface area (Å²) in [6.45, 7) is 4.12. The lowest BCUT2D eigenvalue weighted by molar-refractivity contribution is 0.454. The second kappa shape index (κ2) is 5.51. The molecule has 3 nitrogen and oxygen atoms in total. The molecule has 0 aromatic carbocycles. The molecule has 5 heteroatoms. The molecular weight excluding hydrogens is 276 g/mol. The van der Waals surface area contributed by atoms with Crippen LogP contribution in [0, 0.1) is 0 Å². The van der Waals surface area contributed by atoms with Crippen molar-refractivity contribution in [1.82, 2.24) is 9.55 Å². The van der Waals surface area contributed by atoms with Crippen LogP contribution in [-0.4, -0.2) is 14.9 Å². The van der Waals surface area contributed by atoms with Gasteiger partial charge in [-0.2, -0.15) is 0 Å². The lowest BCUT2D eigenvalue weighted by Crippen LogP contribution is -2.27. The lowest BCUT2D eigenvalue weighted by Gasteiger charge is -2.16. The molecule has 1 heterocycles. The van der Waals surface area contributed by atoms with Crippen LogP contribution in [0.3, 0.4) is 0 Å². The Labute approximate surface area is 103 Å². The van der Waals surface area contributed by atoms with Crippen molar-refractivity contribution in [3.8, 4) is 0 Å². The Morgan fingerprint density at radius 1 is 1.60 bits per heavy atom. The molecule has 0 saturated heterocycles. The summed E-state index contributed by atoms with van der Waals surface area (Å²) in [6.07, 6.45) is 3.57. The summed E-state index contributed by atoms with van der Waals surface area (Å²) < 4.78 is 2.35. The third-order valence-electron chi connectivity index (χ3n) is 2.37. The molecule has 0 N–H and O–H groups in total. The van der Waals surface area contributed by atoms with Crippen molar-refractivity contribution in [3.63, 3.8) is 0 Å². The number of aromatic nitrogens is 2. The molecule has 0 atom stereocenters. The van der Waals surface area contributed by atoms with Crippen molar-refractivity contribution in [2.45, 2.75) is 32.7 Å². The Bertz CT molecular complexity index is 412. The minimum absolute atomic E-state index is 0.109. The van der Waals surface area contributed by atoms with Crippen molar-refractivity contribution < 1.29 is 0 Å². The average Bonchev–Trinajstić information content (AvgIpc) is 2.24. The van der Waals surface area contributed by atoms with E-state index < -0.39 is 0 Å². The maximum absolute atomic E-state index is 11.9. The molecule has 0 aliphatic heterocycles. The molecule has 0 saturated carbocycles. The Kier molecular flexibility index (Phi) is 4.60. The van der Waals surface area contributed by atoms with Gasteiger partial charge < -0.3 is 4.57 Å². The van der Waals surface area contributed by atoms with E-state index in [0.717, 1.165) is 12.8 Å². The molecule has 15 heavy (non-hydrogen) atoms. The number of nitrogens with zero attached hydrogens (tertiary/aromatic N) is 2. The average molecular weight is 289 g/mol. The largest absolute Gasteiger partial charge is 0.308 e. The first-order valence-electron chi connectivity index (χ1n) is 4.87. The minimum Gasteiger partial charge on any atom is -0.308 e. The van der Waals surface area contributed by atoms with Crippen molar-refractivity contribution in [2.24, 2.45) is 0 Å². The van der Waals surface area contributed by atoms with Crippen LogP contribution in [0.2, 0.25) is 0 Å². The van der Waals surface area contributed by atoms with Gasteiger partial charge in [0.2, 0.25) is 0 Å². The van der Waals surface area contributed by atoms with Gasteiger partial charge in [0.25, 0.3) is 5.56 Å². The quantitative estimate of drug-likeness (QED) is 0.799. The smallest absolute Gasteiger partial charge is 0.277 e. The van der Waals surface area contributed by atoms with Crippen LogP contribution in [0.25, 0.3) is 0 Å². The van der Waals surface area contributed by atoms with Gasteiger partial charge in [0, 0.05) is 17.6 Å². The zero-order valence-electron chi connectivity index (χ0n) is 8.74. The maximum atomic E-state index is 11.9. The first-order chi connectivity index (χ1) is 7.13. The van der Waals surface area contributed by atoms with Crippen LogP contribution in [0.15, 0.2) is 15.6 Å². The van der Waals surface area contributed by atoms with E-state index in [1.165, 1.54) is 5.37 Å². The van der Waals surface area contributed by atoms with Crippen LogP contribution < -0.4 is 5.56 Å². The molecule has 1 aromatic heterocycles. The number of halogens is 1. The van der Waals surface area contributed by atoms with Gasteiger partial charge in [-0.1, -0.05) is 26.1 Å². The van der Waals surface area contributed by atoms with E-state index in [2.05, 4.69) is 34.8 Å². The highest BCUT2D eigenvalue weighted by molar-refractivity contribution is 9.10. The Hall–Kier alpha value is -0.550. The number of hydrogen-bond donors (Lipinski definition) is 0. The first-order valence-corrected chi connectivity index (χ1v) is 6.14. The van der Waals surface area contributed by atoms with Crippen LogP contribution in [-0.2, 0) is 0 Å². The van der Waals surface area contributed by atoms with Crippen LogP contribution >= 0.6 is 28.1 Å². The molecule has 1 rings (SSSR count). The van der Waals surface area contributed by atoms with Crippen LogP contribution in [0.1, 0.15) is 38.4 Å². The summed E-state index contributed by atoms with van der Waals surface area (Å²) in [7, 11) is 0. The van der Waals surface area contributed by atoms with E-state index in [-0.39, 0.29) is 11.6 Å². The van der Waals surface area contributed by atoms with E-state index in [0.29, 0.717) is 10.3 Å². The standard InChI is InChI=1S/C10H13BrN2OS/c1-3-7(4-2)13-5-9(11)12-8(6-15)10(13)14/h5-7H,3-4H2,1-2H3. The Morgan fingerprint density at radius 2 is 2.20 bits per heavy atom. The van der Waals surface area contributed by atoms with Gasteiger partial charge in [0.1, 0.15) is 10.3 Å². The van der Waals surface area contributed by atoms with Crippen molar-refractivity contribution in [1.29, 1.82) is 0 Å². The summed E-state index contributed by atoms with van der Waals surface area (Å²) in [5, 5.41) is 1.33. The van der Waals surface area contributed by atoms with Crippen molar-refractivity contribution in [2.75, 3.05) is 0 Å². The highest BCUT2D eigenvalue weighted by atomic mass is 79.9. The number of thiocarbonyl (C=S) groups is 1. The van der Waals surface area contributed by atoms with Gasteiger partial charge in [0.15, 0.2) is 0 Å². The highest BCUT2D eigenvalue weighted by Crippen LogP contribution is 2.15. The molecular formula is C10H13BrN2OS. The van der Waals surface area contributed by atoms with E-state index >= 15 is 0 Å².